The van der Waals surface area contributed by atoms with Crippen LogP contribution in [0.2, 0.25) is 0 Å². The van der Waals surface area contributed by atoms with Gasteiger partial charge in [-0.1, -0.05) is 0 Å². The highest BCUT2D eigenvalue weighted by Gasteiger charge is 2.55. The smallest absolute Gasteiger partial charge is 0.387 e. The highest BCUT2D eigenvalue weighted by Crippen LogP contribution is 2.66. The minimum absolute atomic E-state index is 0.589. The molecule has 6 atom stereocenters. The molecule has 1 aliphatic rings. The molecule has 0 spiro atoms. The summed E-state index contributed by atoms with van der Waals surface area (Å²) < 4.78 is 65.3. The monoisotopic (exact) mass is 500 g/mol. The van der Waals surface area contributed by atoms with Crippen LogP contribution in [0.5, 0.6) is 0 Å². The van der Waals surface area contributed by atoms with E-state index in [0.29, 0.717) is 4.57 Å². The molecule has 2 heterocycles. The molecule has 0 aliphatic carbocycles. The number of ether oxygens (including phenoxy) is 1. The Bertz CT molecular complexity index is 1050. The van der Waals surface area contributed by atoms with Crippen LogP contribution in [-0.2, 0) is 31.6 Å². The van der Waals surface area contributed by atoms with Crippen molar-refractivity contribution in [3.8, 4) is 0 Å². The van der Waals surface area contributed by atoms with Crippen LogP contribution in [0.15, 0.2) is 21.9 Å². The maximum Gasteiger partial charge on any atom is 0.490 e. The Morgan fingerprint density at radius 3 is 2.33 bits per heavy atom. The second-order valence-electron chi connectivity index (χ2n) is 6.09. The number of H-pyrrole nitrogens is 1. The molecule has 0 aromatic carbocycles. The molecule has 0 radical (unpaired) electrons. The summed E-state index contributed by atoms with van der Waals surface area (Å²) in [6, 6.07) is 0.867. The molecular formula is C10H16FN2O14P3. The van der Waals surface area contributed by atoms with E-state index >= 15 is 0 Å². The maximum absolute atomic E-state index is 14.5. The summed E-state index contributed by atoms with van der Waals surface area (Å²) in [6.45, 7) is -0.168. The molecular weight excluding hydrogens is 484 g/mol. The van der Waals surface area contributed by atoms with Gasteiger partial charge in [-0.15, -0.1) is 0 Å². The molecule has 1 fully saturated rings. The Morgan fingerprint density at radius 1 is 1.20 bits per heavy atom. The van der Waals surface area contributed by atoms with Crippen LogP contribution >= 0.6 is 23.5 Å². The fraction of sp³-hybridized carbons (Fsp3) is 0.600. The van der Waals surface area contributed by atoms with Crippen LogP contribution in [-0.4, -0.2) is 58.7 Å². The molecule has 16 nitrogen and oxygen atoms in total. The number of aromatic nitrogens is 2. The number of halogens is 1. The Hall–Kier alpha value is -1.06. The summed E-state index contributed by atoms with van der Waals surface area (Å²) >= 11 is 0. The first kappa shape index (κ1) is 25.2. The fourth-order valence-corrected chi connectivity index (χ4v) is 5.49. The van der Waals surface area contributed by atoms with Crippen molar-refractivity contribution in [2.75, 3.05) is 6.61 Å². The van der Waals surface area contributed by atoms with Crippen molar-refractivity contribution in [1.82, 2.24) is 9.55 Å². The predicted molar refractivity (Wildman–Crippen MR) is 90.6 cm³/mol. The third-order valence-corrected chi connectivity index (χ3v) is 7.43. The van der Waals surface area contributed by atoms with E-state index in [4.69, 9.17) is 19.4 Å². The van der Waals surface area contributed by atoms with Crippen molar-refractivity contribution in [1.29, 1.82) is 0 Å². The molecule has 20 heteroatoms. The lowest BCUT2D eigenvalue weighted by Gasteiger charge is -2.27. The first-order chi connectivity index (χ1) is 13.4. The molecule has 1 saturated heterocycles. The number of nitrogens with one attached hydrogen (secondary N) is 1. The van der Waals surface area contributed by atoms with Crippen molar-refractivity contribution in [2.24, 2.45) is 0 Å². The normalized spacial score (nSPS) is 31.2. The Kier molecular flexibility index (Phi) is 7.11. The van der Waals surface area contributed by atoms with Crippen LogP contribution in [0.1, 0.15) is 13.2 Å². The third-order valence-electron chi connectivity index (χ3n) is 3.65. The molecule has 0 saturated carbocycles. The minimum Gasteiger partial charge on any atom is -0.387 e. The van der Waals surface area contributed by atoms with E-state index < -0.39 is 65.4 Å². The van der Waals surface area contributed by atoms with Crippen molar-refractivity contribution >= 4 is 23.5 Å². The van der Waals surface area contributed by atoms with Crippen LogP contribution < -0.4 is 11.2 Å². The summed E-state index contributed by atoms with van der Waals surface area (Å²) in [5.41, 5.74) is -3.99. The lowest BCUT2D eigenvalue weighted by molar-refractivity contribution is -0.115. The van der Waals surface area contributed by atoms with Gasteiger partial charge < -0.3 is 29.4 Å². The highest BCUT2D eigenvalue weighted by atomic mass is 31.3. The van der Waals surface area contributed by atoms with Crippen molar-refractivity contribution < 1.29 is 60.6 Å². The predicted octanol–water partition coefficient (Wildman–Crippen LogP) is -1.13. The van der Waals surface area contributed by atoms with Crippen LogP contribution in [0.25, 0.3) is 0 Å². The SMILES string of the molecule is C[C@]1(COP(=O)(O)OP(=O)(O)OP(=O)(O)O)O[C@@H](n2ccc(=O)[nH]c2=O)[C@H](F)[C@@H]1O. The minimum atomic E-state index is -5.78. The molecule has 0 amide bonds. The van der Waals surface area contributed by atoms with Gasteiger partial charge in [0.2, 0.25) is 0 Å². The van der Waals surface area contributed by atoms with Crippen molar-refractivity contribution in [3.05, 3.63) is 33.1 Å². The summed E-state index contributed by atoms with van der Waals surface area (Å²) in [4.78, 5) is 60.2. The van der Waals surface area contributed by atoms with Gasteiger partial charge in [-0.05, 0) is 6.92 Å². The van der Waals surface area contributed by atoms with Crippen LogP contribution in [0.3, 0.4) is 0 Å². The average molecular weight is 500 g/mol. The van der Waals surface area contributed by atoms with Gasteiger partial charge in [0.15, 0.2) is 12.4 Å². The molecule has 6 N–H and O–H groups in total. The largest absolute Gasteiger partial charge is 0.490 e. The molecule has 0 bridgehead atoms. The van der Waals surface area contributed by atoms with E-state index in [-0.39, 0.29) is 0 Å². The van der Waals surface area contributed by atoms with Gasteiger partial charge in [0.25, 0.3) is 5.56 Å². The molecule has 2 rings (SSSR count). The van der Waals surface area contributed by atoms with Gasteiger partial charge >= 0.3 is 29.2 Å². The third kappa shape index (κ3) is 6.23. The number of phosphoric acid groups is 3. The number of nitrogens with zero attached hydrogens (tertiary/aromatic N) is 1. The first-order valence-electron chi connectivity index (χ1n) is 7.54. The topological polar surface area (TPSA) is 244 Å². The zero-order valence-corrected chi connectivity index (χ0v) is 17.4. The second-order valence-corrected chi connectivity index (χ2v) is 10.5. The highest BCUT2D eigenvalue weighted by molar-refractivity contribution is 7.66. The molecule has 1 aromatic heterocycles. The summed E-state index contributed by atoms with van der Waals surface area (Å²) in [6.07, 6.45) is -5.27. The molecule has 1 aliphatic heterocycles. The Balaban J connectivity index is 2.15. The summed E-state index contributed by atoms with van der Waals surface area (Å²) in [7, 11) is -16.9. The number of aliphatic hydroxyl groups is 1. The summed E-state index contributed by atoms with van der Waals surface area (Å²) in [5, 5.41) is 10.1. The first-order valence-corrected chi connectivity index (χ1v) is 12.1. The number of hydrogen-bond acceptors (Lipinski definition) is 10. The number of aliphatic hydroxyl groups excluding tert-OH is 1. The number of alkyl halides is 1. The molecule has 30 heavy (non-hydrogen) atoms. The van der Waals surface area contributed by atoms with E-state index in [2.05, 4.69) is 13.1 Å². The zero-order chi connectivity index (χ0) is 23.1. The molecule has 1 aromatic rings. The van der Waals surface area contributed by atoms with E-state index in [9.17, 15) is 37.7 Å². The average Bonchev–Trinajstić information content (AvgIpc) is 2.75. The van der Waals surface area contributed by atoms with Gasteiger partial charge in [-0.3, -0.25) is 18.9 Å². The lowest BCUT2D eigenvalue weighted by Crippen LogP contribution is -2.43. The van der Waals surface area contributed by atoms with E-state index in [1.165, 1.54) is 0 Å². The van der Waals surface area contributed by atoms with Gasteiger partial charge in [0, 0.05) is 12.3 Å². The lowest BCUT2D eigenvalue weighted by atomic mass is 9.99. The number of phosphoric ester groups is 1. The van der Waals surface area contributed by atoms with E-state index in [0.717, 1.165) is 19.2 Å². The molecule has 172 valence electrons. The number of rotatable bonds is 8. The fourth-order valence-electron chi connectivity index (χ4n) is 2.37. The Morgan fingerprint density at radius 2 is 1.80 bits per heavy atom. The number of hydrogen-bond donors (Lipinski definition) is 6. The van der Waals surface area contributed by atoms with E-state index in [1.54, 1.807) is 0 Å². The zero-order valence-electron chi connectivity index (χ0n) is 14.7. The second kappa shape index (κ2) is 8.47. The standard InChI is InChI=1S/C10H16FN2O14P3/c1-10(4-24-29(20,21)27-30(22,23)26-28(17,18)19)7(15)6(11)8(25-10)13-3-2-5(14)12-9(13)16/h2-3,6-8,15H,4H2,1H3,(H,20,21)(H,22,23)(H,12,14,16)(H2,17,18,19)/t6-,7+,8-,10-/m1/s1. The Labute approximate surface area is 165 Å². The van der Waals surface area contributed by atoms with Crippen LogP contribution in [0, 0.1) is 0 Å². The number of aromatic amines is 1. The van der Waals surface area contributed by atoms with Crippen LogP contribution in [0.4, 0.5) is 4.39 Å². The van der Waals surface area contributed by atoms with E-state index in [1.807, 2.05) is 4.98 Å². The van der Waals surface area contributed by atoms with Crippen molar-refractivity contribution in [3.63, 3.8) is 0 Å². The summed E-state index contributed by atoms with van der Waals surface area (Å²) in [5.74, 6) is 0. The van der Waals surface area contributed by atoms with Gasteiger partial charge in [0.1, 0.15) is 11.7 Å². The van der Waals surface area contributed by atoms with Gasteiger partial charge in [-0.25, -0.2) is 22.9 Å². The molecule has 2 unspecified atom stereocenters. The van der Waals surface area contributed by atoms with Gasteiger partial charge in [-0.2, -0.15) is 8.62 Å². The van der Waals surface area contributed by atoms with Gasteiger partial charge in [0.05, 0.1) is 6.61 Å². The quantitative estimate of drug-likeness (QED) is 0.231. The van der Waals surface area contributed by atoms with Crippen molar-refractivity contribution in [2.45, 2.75) is 31.0 Å². The maximum atomic E-state index is 14.5.